The quantitative estimate of drug-likeness (QED) is 0.942. The van der Waals surface area contributed by atoms with E-state index in [4.69, 9.17) is 17.3 Å². The number of hydrogen-bond acceptors (Lipinski definition) is 3. The molecule has 6 heteroatoms. The van der Waals surface area contributed by atoms with Crippen molar-refractivity contribution in [3.05, 3.63) is 44.9 Å². The molecule has 0 saturated carbocycles. The van der Waals surface area contributed by atoms with Crippen molar-refractivity contribution < 1.29 is 0 Å². The second kappa shape index (κ2) is 5.38. The number of nitrogens with zero attached hydrogens (tertiary/aromatic N) is 3. The van der Waals surface area contributed by atoms with E-state index in [-0.39, 0.29) is 6.04 Å². The maximum atomic E-state index is 6.17. The van der Waals surface area contributed by atoms with Crippen LogP contribution in [0.1, 0.15) is 23.1 Å². The number of halogens is 2. The fraction of sp³-hybridized carbons (Fsp3) is 0.333. The van der Waals surface area contributed by atoms with Gasteiger partial charge in [-0.25, -0.2) is 0 Å². The molecule has 0 saturated heterocycles. The topological polar surface area (TPSA) is 56.7 Å². The summed E-state index contributed by atoms with van der Waals surface area (Å²) in [5.41, 5.74) is 8.87. The second-order valence-electron chi connectivity index (χ2n) is 4.15. The van der Waals surface area contributed by atoms with Gasteiger partial charge in [-0.2, -0.15) is 5.10 Å². The first kappa shape index (κ1) is 13.5. The fourth-order valence-corrected chi connectivity index (χ4v) is 2.64. The molecule has 0 aliphatic carbocycles. The molecule has 0 amide bonds. The van der Waals surface area contributed by atoms with Crippen molar-refractivity contribution in [2.45, 2.75) is 19.4 Å². The fourth-order valence-electron chi connectivity index (χ4n) is 1.88. The zero-order chi connectivity index (χ0) is 13.3. The predicted octanol–water partition coefficient (Wildman–Crippen LogP) is 2.78. The van der Waals surface area contributed by atoms with E-state index in [1.807, 2.05) is 18.7 Å². The average Bonchev–Trinajstić information content (AvgIpc) is 2.56. The van der Waals surface area contributed by atoms with Crippen molar-refractivity contribution in [1.29, 1.82) is 0 Å². The van der Waals surface area contributed by atoms with Gasteiger partial charge < -0.3 is 5.73 Å². The highest BCUT2D eigenvalue weighted by atomic mass is 79.9. The monoisotopic (exact) mass is 328 g/mol. The highest BCUT2D eigenvalue weighted by Crippen LogP contribution is 2.26. The van der Waals surface area contributed by atoms with Crippen LogP contribution in [-0.4, -0.2) is 14.8 Å². The van der Waals surface area contributed by atoms with Gasteiger partial charge in [-0.1, -0.05) is 11.6 Å². The van der Waals surface area contributed by atoms with Gasteiger partial charge in [0.1, 0.15) is 0 Å². The highest BCUT2D eigenvalue weighted by molar-refractivity contribution is 9.10. The van der Waals surface area contributed by atoms with E-state index in [0.717, 1.165) is 15.9 Å². The molecule has 96 valence electrons. The molecular weight excluding hydrogens is 316 g/mol. The molecule has 2 heterocycles. The zero-order valence-electron chi connectivity index (χ0n) is 10.2. The summed E-state index contributed by atoms with van der Waals surface area (Å²) in [5.74, 6) is 0. The Labute approximate surface area is 119 Å². The van der Waals surface area contributed by atoms with Crippen LogP contribution in [0.15, 0.2) is 22.8 Å². The standard InChI is InChI=1S/C12H14BrClN4/c1-7-11(13)10(18(2)17-7)6-9(15)12-8(14)4-3-5-16-12/h3-5,9H,6,15H2,1-2H3. The Bertz CT molecular complexity index is 567. The molecule has 18 heavy (non-hydrogen) atoms. The summed E-state index contributed by atoms with van der Waals surface area (Å²) in [6.07, 6.45) is 2.33. The third-order valence-electron chi connectivity index (χ3n) is 2.81. The van der Waals surface area contributed by atoms with Gasteiger partial charge in [0.2, 0.25) is 0 Å². The molecule has 0 aliphatic heterocycles. The van der Waals surface area contributed by atoms with Gasteiger partial charge in [0, 0.05) is 19.7 Å². The van der Waals surface area contributed by atoms with E-state index < -0.39 is 0 Å². The number of nitrogens with two attached hydrogens (primary N) is 1. The molecule has 4 nitrogen and oxygen atoms in total. The molecule has 0 aliphatic rings. The van der Waals surface area contributed by atoms with Crippen molar-refractivity contribution in [2.75, 3.05) is 0 Å². The summed E-state index contributed by atoms with van der Waals surface area (Å²) in [4.78, 5) is 4.24. The highest BCUT2D eigenvalue weighted by Gasteiger charge is 2.17. The summed E-state index contributed by atoms with van der Waals surface area (Å²) in [6.45, 7) is 1.95. The molecule has 0 radical (unpaired) electrons. The normalized spacial score (nSPS) is 12.7. The van der Waals surface area contributed by atoms with Crippen LogP contribution in [0.4, 0.5) is 0 Å². The van der Waals surface area contributed by atoms with Gasteiger partial charge in [-0.3, -0.25) is 9.67 Å². The molecule has 0 fully saturated rings. The van der Waals surface area contributed by atoms with Crippen molar-refractivity contribution >= 4 is 27.5 Å². The van der Waals surface area contributed by atoms with Crippen LogP contribution in [0.5, 0.6) is 0 Å². The second-order valence-corrected chi connectivity index (χ2v) is 5.35. The number of pyridine rings is 1. The van der Waals surface area contributed by atoms with Crippen molar-refractivity contribution in [2.24, 2.45) is 12.8 Å². The first-order valence-electron chi connectivity index (χ1n) is 5.54. The van der Waals surface area contributed by atoms with E-state index in [2.05, 4.69) is 26.0 Å². The molecule has 0 aromatic carbocycles. The first-order chi connectivity index (χ1) is 8.50. The molecule has 0 bridgehead atoms. The molecule has 2 aromatic heterocycles. The van der Waals surface area contributed by atoms with Gasteiger partial charge in [0.25, 0.3) is 0 Å². The first-order valence-corrected chi connectivity index (χ1v) is 6.71. The number of aryl methyl sites for hydroxylation is 2. The summed E-state index contributed by atoms with van der Waals surface area (Å²) in [6, 6.07) is 3.35. The van der Waals surface area contributed by atoms with Crippen LogP contribution in [0, 0.1) is 6.92 Å². The molecule has 1 unspecified atom stereocenters. The number of rotatable bonds is 3. The Morgan fingerprint density at radius 3 is 2.83 bits per heavy atom. The van der Waals surface area contributed by atoms with Gasteiger partial charge in [-0.05, 0) is 35.0 Å². The maximum absolute atomic E-state index is 6.17. The molecule has 2 rings (SSSR count). The Morgan fingerprint density at radius 2 is 2.28 bits per heavy atom. The molecular formula is C12H14BrClN4. The van der Waals surface area contributed by atoms with Gasteiger partial charge >= 0.3 is 0 Å². The minimum Gasteiger partial charge on any atom is -0.322 e. The maximum Gasteiger partial charge on any atom is 0.0760 e. The lowest BCUT2D eigenvalue weighted by molar-refractivity contribution is 0.627. The van der Waals surface area contributed by atoms with Crippen molar-refractivity contribution in [1.82, 2.24) is 14.8 Å². The van der Waals surface area contributed by atoms with E-state index in [0.29, 0.717) is 17.1 Å². The van der Waals surface area contributed by atoms with Crippen LogP contribution in [0.3, 0.4) is 0 Å². The van der Waals surface area contributed by atoms with Crippen LogP contribution in [-0.2, 0) is 13.5 Å². The zero-order valence-corrected chi connectivity index (χ0v) is 12.5. The molecule has 2 N–H and O–H groups in total. The van der Waals surface area contributed by atoms with Gasteiger partial charge in [0.15, 0.2) is 0 Å². The summed E-state index contributed by atoms with van der Waals surface area (Å²) >= 11 is 9.62. The minimum atomic E-state index is -0.246. The van der Waals surface area contributed by atoms with E-state index in [1.54, 1.807) is 18.3 Å². The third kappa shape index (κ3) is 2.58. The van der Waals surface area contributed by atoms with Crippen molar-refractivity contribution in [3.63, 3.8) is 0 Å². The Morgan fingerprint density at radius 1 is 1.56 bits per heavy atom. The Hall–Kier alpha value is -0.910. The van der Waals surface area contributed by atoms with Crippen LogP contribution < -0.4 is 5.73 Å². The van der Waals surface area contributed by atoms with Gasteiger partial charge in [-0.15, -0.1) is 0 Å². The van der Waals surface area contributed by atoms with E-state index in [9.17, 15) is 0 Å². The van der Waals surface area contributed by atoms with E-state index >= 15 is 0 Å². The molecule has 0 spiro atoms. The van der Waals surface area contributed by atoms with Crippen LogP contribution in [0.25, 0.3) is 0 Å². The summed E-state index contributed by atoms with van der Waals surface area (Å²) < 4.78 is 2.82. The minimum absolute atomic E-state index is 0.246. The molecule has 1 atom stereocenters. The lowest BCUT2D eigenvalue weighted by Crippen LogP contribution is -2.17. The average molecular weight is 330 g/mol. The van der Waals surface area contributed by atoms with Gasteiger partial charge in [0.05, 0.1) is 32.6 Å². The lowest BCUT2D eigenvalue weighted by atomic mass is 10.1. The van der Waals surface area contributed by atoms with E-state index in [1.165, 1.54) is 0 Å². The SMILES string of the molecule is Cc1nn(C)c(CC(N)c2ncccc2Cl)c1Br. The Balaban J connectivity index is 2.27. The number of aromatic nitrogens is 3. The van der Waals surface area contributed by atoms with Crippen molar-refractivity contribution in [3.8, 4) is 0 Å². The molecule has 2 aromatic rings. The summed E-state index contributed by atoms with van der Waals surface area (Å²) in [5, 5.41) is 4.94. The number of hydrogen-bond donors (Lipinski definition) is 1. The Kier molecular flexibility index (Phi) is 4.04. The predicted molar refractivity (Wildman–Crippen MR) is 75.5 cm³/mol. The third-order valence-corrected chi connectivity index (χ3v) is 4.16. The smallest absolute Gasteiger partial charge is 0.0760 e. The largest absolute Gasteiger partial charge is 0.322 e. The lowest BCUT2D eigenvalue weighted by Gasteiger charge is -2.13. The summed E-state index contributed by atoms with van der Waals surface area (Å²) in [7, 11) is 1.90. The van der Waals surface area contributed by atoms with Crippen LogP contribution in [0.2, 0.25) is 5.02 Å². The van der Waals surface area contributed by atoms with Crippen LogP contribution >= 0.6 is 27.5 Å².